The van der Waals surface area contributed by atoms with Crippen LogP contribution in [-0.4, -0.2) is 21.3 Å². The zero-order chi connectivity index (χ0) is 17.9. The third kappa shape index (κ3) is 3.02. The van der Waals surface area contributed by atoms with E-state index in [0.717, 1.165) is 33.4 Å². The second-order valence-corrected chi connectivity index (χ2v) is 6.03. The normalized spacial score (nSPS) is 10.8. The number of rotatable bonds is 5. The summed E-state index contributed by atoms with van der Waals surface area (Å²) in [5.74, 6) is -0.177. The smallest absolute Gasteiger partial charge is 0.335 e. The molecule has 5 nitrogen and oxygen atoms in total. The number of benzene rings is 3. The molecule has 5 heteroatoms. The second-order valence-electron chi connectivity index (χ2n) is 6.03. The van der Waals surface area contributed by atoms with Gasteiger partial charge in [0.25, 0.3) is 0 Å². The number of fused-ring (bicyclic) bond motifs is 1. The molecule has 0 bridgehead atoms. The summed E-state index contributed by atoms with van der Waals surface area (Å²) in [6.07, 6.45) is 0. The molecule has 4 rings (SSSR count). The summed E-state index contributed by atoms with van der Waals surface area (Å²) in [5, 5.41) is 20.9. The molecule has 3 aromatic carbocycles. The number of hydrogen-bond acceptors (Lipinski definition) is 3. The van der Waals surface area contributed by atoms with Crippen molar-refractivity contribution in [1.29, 1.82) is 0 Å². The van der Waals surface area contributed by atoms with Gasteiger partial charge in [-0.25, -0.2) is 4.79 Å². The minimum Gasteiger partial charge on any atom is -0.478 e. The van der Waals surface area contributed by atoms with Gasteiger partial charge in [-0.05, 0) is 34.9 Å². The molecule has 0 aliphatic heterocycles. The summed E-state index contributed by atoms with van der Waals surface area (Å²) in [7, 11) is 0. The van der Waals surface area contributed by atoms with Crippen molar-refractivity contribution in [1.82, 2.24) is 10.2 Å². The van der Waals surface area contributed by atoms with Crippen LogP contribution in [0.4, 0.5) is 5.82 Å². The molecular weight excluding hydrogens is 326 g/mol. The van der Waals surface area contributed by atoms with E-state index in [1.807, 2.05) is 36.4 Å². The fourth-order valence-corrected chi connectivity index (χ4v) is 3.06. The first kappa shape index (κ1) is 15.9. The van der Waals surface area contributed by atoms with Crippen molar-refractivity contribution in [2.24, 2.45) is 0 Å². The van der Waals surface area contributed by atoms with Crippen LogP contribution >= 0.6 is 0 Å². The van der Waals surface area contributed by atoms with E-state index in [9.17, 15) is 4.79 Å². The predicted octanol–water partition coefficient (Wildman–Crippen LogP) is 4.54. The number of carbonyl (C=O) groups is 1. The lowest BCUT2D eigenvalue weighted by molar-refractivity contribution is 0.0697. The van der Waals surface area contributed by atoms with E-state index in [1.54, 1.807) is 18.2 Å². The summed E-state index contributed by atoms with van der Waals surface area (Å²) in [5.41, 5.74) is 4.33. The highest BCUT2D eigenvalue weighted by Gasteiger charge is 2.12. The molecule has 1 aromatic heterocycles. The van der Waals surface area contributed by atoms with Crippen molar-refractivity contribution in [3.8, 4) is 11.1 Å². The SMILES string of the molecule is O=C(O)c1cccc(CNc2n[nH]c3cccc(-c4ccccc4)c23)c1. The molecule has 0 aliphatic rings. The van der Waals surface area contributed by atoms with E-state index in [4.69, 9.17) is 5.11 Å². The van der Waals surface area contributed by atoms with E-state index in [1.165, 1.54) is 0 Å². The summed E-state index contributed by atoms with van der Waals surface area (Å²) < 4.78 is 0. The summed E-state index contributed by atoms with van der Waals surface area (Å²) in [6.45, 7) is 0.490. The van der Waals surface area contributed by atoms with Crippen molar-refractivity contribution in [3.63, 3.8) is 0 Å². The zero-order valence-electron chi connectivity index (χ0n) is 13.9. The van der Waals surface area contributed by atoms with Crippen molar-refractivity contribution < 1.29 is 9.90 Å². The van der Waals surface area contributed by atoms with Crippen molar-refractivity contribution >= 4 is 22.7 Å². The average molecular weight is 343 g/mol. The Labute approximate surface area is 150 Å². The first-order valence-corrected chi connectivity index (χ1v) is 8.31. The van der Waals surface area contributed by atoms with Gasteiger partial charge < -0.3 is 10.4 Å². The van der Waals surface area contributed by atoms with Gasteiger partial charge in [-0.2, -0.15) is 5.10 Å². The van der Waals surface area contributed by atoms with Gasteiger partial charge in [-0.3, -0.25) is 5.10 Å². The monoisotopic (exact) mass is 343 g/mol. The number of carboxylic acids is 1. The lowest BCUT2D eigenvalue weighted by Gasteiger charge is -2.08. The number of aromatic amines is 1. The standard InChI is InChI=1S/C21H17N3O2/c25-21(26)16-9-4-6-14(12-16)13-22-20-19-17(15-7-2-1-3-8-15)10-5-11-18(19)23-24-20/h1-12H,13H2,(H,25,26)(H2,22,23,24). The number of aromatic nitrogens is 2. The van der Waals surface area contributed by atoms with Gasteiger partial charge in [-0.15, -0.1) is 0 Å². The minimum atomic E-state index is -0.927. The van der Waals surface area contributed by atoms with Crippen LogP contribution in [0.2, 0.25) is 0 Å². The van der Waals surface area contributed by atoms with E-state index in [2.05, 4.69) is 33.7 Å². The maximum atomic E-state index is 11.1. The topological polar surface area (TPSA) is 78.0 Å². The van der Waals surface area contributed by atoms with Crippen molar-refractivity contribution in [2.45, 2.75) is 6.54 Å². The Kier molecular flexibility index (Phi) is 4.11. The highest BCUT2D eigenvalue weighted by atomic mass is 16.4. The molecule has 0 atom stereocenters. The van der Waals surface area contributed by atoms with E-state index in [0.29, 0.717) is 6.54 Å². The number of carboxylic acid groups (broad SMARTS) is 1. The number of hydrogen-bond donors (Lipinski definition) is 3. The third-order valence-corrected chi connectivity index (χ3v) is 4.31. The lowest BCUT2D eigenvalue weighted by Crippen LogP contribution is -2.03. The van der Waals surface area contributed by atoms with Crippen LogP contribution in [0.1, 0.15) is 15.9 Å². The maximum Gasteiger partial charge on any atom is 0.335 e. The van der Waals surface area contributed by atoms with Gasteiger partial charge >= 0.3 is 5.97 Å². The van der Waals surface area contributed by atoms with Gasteiger partial charge in [0.05, 0.1) is 16.5 Å². The largest absolute Gasteiger partial charge is 0.478 e. The average Bonchev–Trinajstić information content (AvgIpc) is 3.10. The Hall–Kier alpha value is -3.60. The molecule has 0 amide bonds. The fourth-order valence-electron chi connectivity index (χ4n) is 3.06. The van der Waals surface area contributed by atoms with E-state index < -0.39 is 5.97 Å². The number of H-pyrrole nitrogens is 1. The second kappa shape index (κ2) is 6.72. The molecule has 3 N–H and O–H groups in total. The number of aromatic carboxylic acids is 1. The first-order chi connectivity index (χ1) is 12.7. The molecule has 0 unspecified atom stereocenters. The lowest BCUT2D eigenvalue weighted by atomic mass is 10.0. The van der Waals surface area contributed by atoms with Crippen LogP contribution in [0, 0.1) is 0 Å². The molecule has 0 aliphatic carbocycles. The van der Waals surface area contributed by atoms with Crippen LogP contribution in [0.3, 0.4) is 0 Å². The minimum absolute atomic E-state index is 0.279. The van der Waals surface area contributed by atoms with Gasteiger partial charge in [0.1, 0.15) is 0 Å². The molecule has 0 saturated heterocycles. The Bertz CT molecular complexity index is 1070. The number of nitrogens with zero attached hydrogens (tertiary/aromatic N) is 1. The highest BCUT2D eigenvalue weighted by Crippen LogP contribution is 2.32. The number of anilines is 1. The summed E-state index contributed by atoms with van der Waals surface area (Å²) >= 11 is 0. The predicted molar refractivity (Wildman–Crippen MR) is 102 cm³/mol. The summed E-state index contributed by atoms with van der Waals surface area (Å²) in [4.78, 5) is 11.1. The van der Waals surface area contributed by atoms with Crippen molar-refractivity contribution in [2.75, 3.05) is 5.32 Å². The highest BCUT2D eigenvalue weighted by molar-refractivity contribution is 6.02. The maximum absolute atomic E-state index is 11.1. The molecule has 1 heterocycles. The van der Waals surface area contributed by atoms with Gasteiger partial charge in [-0.1, -0.05) is 54.6 Å². The summed E-state index contributed by atoms with van der Waals surface area (Å²) in [6, 6.07) is 23.1. The first-order valence-electron chi connectivity index (χ1n) is 8.31. The Morgan fingerprint density at radius 1 is 1.00 bits per heavy atom. The Morgan fingerprint density at radius 2 is 1.81 bits per heavy atom. The van der Waals surface area contributed by atoms with E-state index in [-0.39, 0.29) is 5.56 Å². The number of nitrogens with one attached hydrogen (secondary N) is 2. The van der Waals surface area contributed by atoms with Gasteiger partial charge in [0, 0.05) is 6.54 Å². The molecular formula is C21H17N3O2. The fraction of sp³-hybridized carbons (Fsp3) is 0.0476. The van der Waals surface area contributed by atoms with Crippen LogP contribution in [0.25, 0.3) is 22.0 Å². The third-order valence-electron chi connectivity index (χ3n) is 4.31. The Balaban J connectivity index is 1.67. The molecule has 4 aromatic rings. The van der Waals surface area contributed by atoms with Gasteiger partial charge in [0.2, 0.25) is 0 Å². The van der Waals surface area contributed by atoms with Crippen LogP contribution in [0.15, 0.2) is 72.8 Å². The zero-order valence-corrected chi connectivity index (χ0v) is 13.9. The molecule has 128 valence electrons. The van der Waals surface area contributed by atoms with Crippen LogP contribution in [-0.2, 0) is 6.54 Å². The van der Waals surface area contributed by atoms with Gasteiger partial charge in [0.15, 0.2) is 5.82 Å². The van der Waals surface area contributed by atoms with E-state index >= 15 is 0 Å². The Morgan fingerprint density at radius 3 is 2.62 bits per heavy atom. The molecule has 0 saturated carbocycles. The quantitative estimate of drug-likeness (QED) is 0.497. The molecule has 0 radical (unpaired) electrons. The van der Waals surface area contributed by atoms with Crippen LogP contribution < -0.4 is 5.32 Å². The molecule has 0 spiro atoms. The van der Waals surface area contributed by atoms with Crippen LogP contribution in [0.5, 0.6) is 0 Å². The molecule has 0 fully saturated rings. The molecule has 26 heavy (non-hydrogen) atoms. The van der Waals surface area contributed by atoms with Crippen molar-refractivity contribution in [3.05, 3.63) is 83.9 Å².